The molecule has 0 fully saturated rings. The van der Waals surface area contributed by atoms with Crippen LogP contribution >= 0.6 is 0 Å². The van der Waals surface area contributed by atoms with Gasteiger partial charge in [0.05, 0.1) is 34.4 Å². The summed E-state index contributed by atoms with van der Waals surface area (Å²) >= 11 is 0. The molecule has 1 N–H and O–H groups in total. The maximum Gasteiger partial charge on any atom is 0.361 e. The zero-order valence-electron chi connectivity index (χ0n) is 34.7. The number of likely N-dealkylation sites (N-methyl/N-ethyl adjacent to an activating group) is 1. The summed E-state index contributed by atoms with van der Waals surface area (Å²) < 4.78 is 22.6. The maximum atomic E-state index is 12.7. The molecular weight excluding hydrogens is 670 g/mol. The van der Waals surface area contributed by atoms with Crippen molar-refractivity contribution in [3.8, 4) is 0 Å². The van der Waals surface area contributed by atoms with E-state index < -0.39 is 24.3 Å². The molecule has 0 saturated carbocycles. The van der Waals surface area contributed by atoms with Crippen molar-refractivity contribution in [1.82, 2.24) is 0 Å². The van der Waals surface area contributed by atoms with Crippen LogP contribution in [0.5, 0.6) is 0 Å². The van der Waals surface area contributed by atoms with Gasteiger partial charge in [-0.05, 0) is 44.9 Å². The topological polar surface area (TPSA) is 108 Å². The number of nitrogens with zero attached hydrogens (tertiary/aromatic N) is 1. The molecule has 2 unspecified atom stereocenters. The molecule has 9 heteroatoms. The van der Waals surface area contributed by atoms with Crippen LogP contribution in [0.4, 0.5) is 0 Å². The van der Waals surface area contributed by atoms with Gasteiger partial charge in [-0.2, -0.15) is 0 Å². The maximum absolute atomic E-state index is 12.7. The van der Waals surface area contributed by atoms with E-state index in [2.05, 4.69) is 50.3 Å². The molecule has 53 heavy (non-hydrogen) atoms. The predicted octanol–water partition coefficient (Wildman–Crippen LogP) is 10.7. The molecule has 0 rings (SSSR count). The monoisotopic (exact) mass is 751 g/mol. The number of ether oxygens (including phenoxy) is 4. The molecule has 0 aromatic heterocycles. The lowest BCUT2D eigenvalue weighted by Crippen LogP contribution is -2.40. The van der Waals surface area contributed by atoms with Crippen LogP contribution in [0.2, 0.25) is 0 Å². The molecule has 9 nitrogen and oxygen atoms in total. The Morgan fingerprint density at radius 2 is 1.08 bits per heavy atom. The van der Waals surface area contributed by atoms with Gasteiger partial charge in [-0.25, -0.2) is 4.79 Å². The highest BCUT2D eigenvalue weighted by Gasteiger charge is 2.25. The molecule has 0 spiro atoms. The van der Waals surface area contributed by atoms with Gasteiger partial charge in [0, 0.05) is 12.8 Å². The lowest BCUT2D eigenvalue weighted by molar-refractivity contribution is -0.870. The van der Waals surface area contributed by atoms with Crippen molar-refractivity contribution in [1.29, 1.82) is 0 Å². The second-order valence-electron chi connectivity index (χ2n) is 15.3. The van der Waals surface area contributed by atoms with Crippen LogP contribution in [0.25, 0.3) is 0 Å². The summed E-state index contributed by atoms with van der Waals surface area (Å²) in [6.07, 6.45) is 36.3. The van der Waals surface area contributed by atoms with Crippen LogP contribution in [-0.4, -0.2) is 87.4 Å². The summed E-state index contributed by atoms with van der Waals surface area (Å²) in [5.74, 6) is -2.05. The average Bonchev–Trinajstić information content (AvgIpc) is 3.11. The predicted molar refractivity (Wildman–Crippen MR) is 217 cm³/mol. The number of hydrogen-bond donors (Lipinski definition) is 1. The summed E-state index contributed by atoms with van der Waals surface area (Å²) in [6.45, 7) is 4.71. The van der Waals surface area contributed by atoms with Crippen molar-refractivity contribution in [3.63, 3.8) is 0 Å². The minimum atomic E-state index is -1.51. The van der Waals surface area contributed by atoms with Crippen LogP contribution < -0.4 is 0 Å². The lowest BCUT2D eigenvalue weighted by atomic mass is 10.0. The van der Waals surface area contributed by atoms with E-state index in [1.165, 1.54) is 77.0 Å². The Hall–Kier alpha value is -2.49. The van der Waals surface area contributed by atoms with Crippen LogP contribution in [0.1, 0.15) is 168 Å². The van der Waals surface area contributed by atoms with E-state index in [0.29, 0.717) is 23.9 Å². The molecule has 0 amide bonds. The van der Waals surface area contributed by atoms with E-state index in [1.807, 2.05) is 21.1 Å². The van der Waals surface area contributed by atoms with Gasteiger partial charge >= 0.3 is 17.9 Å². The van der Waals surface area contributed by atoms with Crippen molar-refractivity contribution in [2.45, 2.75) is 180 Å². The van der Waals surface area contributed by atoms with Gasteiger partial charge in [-0.15, -0.1) is 0 Å². The van der Waals surface area contributed by atoms with Crippen LogP contribution in [0.3, 0.4) is 0 Å². The number of carbonyl (C=O) groups is 3. The molecule has 0 aliphatic rings. The summed E-state index contributed by atoms with van der Waals surface area (Å²) in [5.41, 5.74) is 0. The first-order chi connectivity index (χ1) is 25.6. The Morgan fingerprint density at radius 1 is 0.585 bits per heavy atom. The number of carboxylic acids is 1. The van der Waals surface area contributed by atoms with Crippen molar-refractivity contribution < 1.29 is 42.9 Å². The lowest BCUT2D eigenvalue weighted by Gasteiger charge is -2.25. The van der Waals surface area contributed by atoms with E-state index in [9.17, 15) is 19.5 Å². The molecule has 0 aliphatic heterocycles. The van der Waals surface area contributed by atoms with Gasteiger partial charge in [0.1, 0.15) is 13.2 Å². The summed E-state index contributed by atoms with van der Waals surface area (Å²) in [5, 5.41) is 9.61. The Morgan fingerprint density at radius 3 is 1.60 bits per heavy atom. The van der Waals surface area contributed by atoms with Crippen LogP contribution in [0, 0.1) is 0 Å². The van der Waals surface area contributed by atoms with E-state index >= 15 is 0 Å². The standard InChI is InChI=1S/C44H79NO8/c1-6-8-10-12-14-16-18-20-21-23-24-26-28-30-32-34-41(46)51-38-40(39-52-44(43(48)49)50-37-36-45(3,4)5)53-42(47)35-33-31-29-27-25-22-19-17-15-13-11-9-7-2/h9,11,15,17,22,25,40,44H,6-8,10,12-14,16,18-21,23-24,26-39H2,1-5H3/p+1/b11-9-,17-15-,25-22-. The minimum absolute atomic E-state index is 0.182. The highest BCUT2D eigenvalue weighted by Crippen LogP contribution is 2.14. The first-order valence-electron chi connectivity index (χ1n) is 21.2. The summed E-state index contributed by atoms with van der Waals surface area (Å²) in [7, 11) is 5.94. The number of unbranched alkanes of at least 4 members (excludes halogenated alkanes) is 17. The molecular formula is C44H80NO8+. The number of esters is 2. The van der Waals surface area contributed by atoms with Gasteiger partial charge in [-0.1, -0.05) is 147 Å². The zero-order chi connectivity index (χ0) is 39.3. The fourth-order valence-electron chi connectivity index (χ4n) is 5.61. The third-order valence-electron chi connectivity index (χ3n) is 8.91. The molecule has 2 atom stereocenters. The summed E-state index contributed by atoms with van der Waals surface area (Å²) in [4.78, 5) is 37.0. The first-order valence-corrected chi connectivity index (χ1v) is 21.2. The molecule has 0 heterocycles. The second-order valence-corrected chi connectivity index (χ2v) is 15.3. The molecule has 0 saturated heterocycles. The van der Waals surface area contributed by atoms with E-state index in [0.717, 1.165) is 57.8 Å². The van der Waals surface area contributed by atoms with Gasteiger partial charge in [0.15, 0.2) is 6.10 Å². The van der Waals surface area contributed by atoms with Gasteiger partial charge < -0.3 is 28.5 Å². The number of carboxylic acid groups (broad SMARTS) is 1. The van der Waals surface area contributed by atoms with Crippen LogP contribution in [-0.2, 0) is 33.3 Å². The number of rotatable bonds is 38. The highest BCUT2D eigenvalue weighted by atomic mass is 16.7. The number of hydrogen-bond acceptors (Lipinski definition) is 7. The van der Waals surface area contributed by atoms with E-state index in [-0.39, 0.29) is 32.2 Å². The molecule has 0 aromatic carbocycles. The third-order valence-corrected chi connectivity index (χ3v) is 8.91. The molecule has 308 valence electrons. The van der Waals surface area contributed by atoms with Gasteiger partial charge in [0.25, 0.3) is 6.29 Å². The van der Waals surface area contributed by atoms with Crippen LogP contribution in [0.15, 0.2) is 36.5 Å². The first kappa shape index (κ1) is 50.5. The number of quaternary nitrogens is 1. The Bertz CT molecular complexity index is 971. The SMILES string of the molecule is CC/C=C\C/C=C\C/C=C\CCCCCC(=O)OC(COC(=O)CCCCCCCCCCCCCCCCC)COC(OCC[N+](C)(C)C)C(=O)O. The van der Waals surface area contributed by atoms with Crippen molar-refractivity contribution in [3.05, 3.63) is 36.5 Å². The quantitative estimate of drug-likeness (QED) is 0.0218. The molecule has 0 bridgehead atoms. The zero-order valence-corrected chi connectivity index (χ0v) is 34.7. The van der Waals surface area contributed by atoms with E-state index in [1.54, 1.807) is 0 Å². The smallest absolute Gasteiger partial charge is 0.361 e. The number of aliphatic carboxylic acids is 1. The largest absolute Gasteiger partial charge is 0.477 e. The number of carbonyl (C=O) groups excluding carboxylic acids is 2. The normalized spacial score (nSPS) is 13.3. The van der Waals surface area contributed by atoms with E-state index in [4.69, 9.17) is 18.9 Å². The second kappa shape index (κ2) is 36.5. The Kier molecular flexibility index (Phi) is 34.8. The fourth-order valence-corrected chi connectivity index (χ4v) is 5.61. The Labute approximate surface area is 324 Å². The van der Waals surface area contributed by atoms with Gasteiger partial charge in [0.2, 0.25) is 0 Å². The molecule has 0 aromatic rings. The Balaban J connectivity index is 4.50. The summed E-state index contributed by atoms with van der Waals surface area (Å²) in [6, 6.07) is 0. The molecule has 0 aliphatic carbocycles. The minimum Gasteiger partial charge on any atom is -0.477 e. The van der Waals surface area contributed by atoms with Gasteiger partial charge in [-0.3, -0.25) is 9.59 Å². The van der Waals surface area contributed by atoms with Crippen molar-refractivity contribution in [2.75, 3.05) is 47.5 Å². The average molecular weight is 751 g/mol. The van der Waals surface area contributed by atoms with Crippen molar-refractivity contribution >= 4 is 17.9 Å². The fraction of sp³-hybridized carbons (Fsp3) is 0.795. The van der Waals surface area contributed by atoms with Crippen molar-refractivity contribution in [2.24, 2.45) is 0 Å². The number of allylic oxidation sites excluding steroid dienone is 6. The molecule has 0 radical (unpaired) electrons. The third kappa shape index (κ3) is 37.6. The highest BCUT2D eigenvalue weighted by molar-refractivity contribution is 5.71.